The Morgan fingerprint density at radius 2 is 2.31 bits per heavy atom. The van der Waals surface area contributed by atoms with Gasteiger partial charge < -0.3 is 10.2 Å². The molecular formula is C8H16N2O2S. The molecular weight excluding hydrogens is 188 g/mol. The van der Waals surface area contributed by atoms with Crippen LogP contribution in [0.15, 0.2) is 12.3 Å². The fourth-order valence-electron chi connectivity index (χ4n) is 1.39. The van der Waals surface area contributed by atoms with Gasteiger partial charge in [-0.25, -0.2) is 8.42 Å². The highest BCUT2D eigenvalue weighted by atomic mass is 32.2. The first-order chi connectivity index (χ1) is 5.90. The van der Waals surface area contributed by atoms with Crippen molar-refractivity contribution in [2.45, 2.75) is 6.04 Å². The minimum Gasteiger partial charge on any atom is -0.376 e. The third-order valence-electron chi connectivity index (χ3n) is 2.20. The highest BCUT2D eigenvalue weighted by molar-refractivity contribution is 7.90. The molecule has 13 heavy (non-hydrogen) atoms. The average Bonchev–Trinajstić information content (AvgIpc) is 1.96. The number of sulfone groups is 1. The monoisotopic (exact) mass is 204 g/mol. The summed E-state index contributed by atoms with van der Waals surface area (Å²) in [5.74, 6) is 0.135. The second-order valence-corrected chi connectivity index (χ2v) is 5.70. The molecule has 76 valence electrons. The number of piperazine rings is 1. The minimum atomic E-state index is -2.93. The summed E-state index contributed by atoms with van der Waals surface area (Å²) in [6.45, 7) is 5.56. The lowest BCUT2D eigenvalue weighted by Gasteiger charge is -2.34. The van der Waals surface area contributed by atoms with Gasteiger partial charge in [0, 0.05) is 32.1 Å². The van der Waals surface area contributed by atoms with E-state index in [0.717, 1.165) is 18.8 Å². The molecule has 0 aromatic heterocycles. The van der Waals surface area contributed by atoms with E-state index < -0.39 is 9.84 Å². The van der Waals surface area contributed by atoms with Crippen LogP contribution in [0.3, 0.4) is 0 Å². The topological polar surface area (TPSA) is 49.4 Å². The van der Waals surface area contributed by atoms with Gasteiger partial charge in [-0.2, -0.15) is 0 Å². The Labute approximate surface area is 79.5 Å². The van der Waals surface area contributed by atoms with Gasteiger partial charge in [0.25, 0.3) is 0 Å². The van der Waals surface area contributed by atoms with Crippen LogP contribution in [-0.4, -0.2) is 51.5 Å². The van der Waals surface area contributed by atoms with Crippen molar-refractivity contribution in [3.05, 3.63) is 12.3 Å². The predicted molar refractivity (Wildman–Crippen MR) is 53.3 cm³/mol. The molecule has 1 heterocycles. The van der Waals surface area contributed by atoms with Gasteiger partial charge in [-0.15, -0.1) is 0 Å². The molecule has 0 aromatic carbocycles. The van der Waals surface area contributed by atoms with E-state index in [-0.39, 0.29) is 11.8 Å². The third kappa shape index (κ3) is 3.00. The van der Waals surface area contributed by atoms with Gasteiger partial charge in [0.05, 0.1) is 11.8 Å². The van der Waals surface area contributed by atoms with Gasteiger partial charge in [0.1, 0.15) is 9.84 Å². The first-order valence-corrected chi connectivity index (χ1v) is 6.27. The van der Waals surface area contributed by atoms with Gasteiger partial charge in [0.15, 0.2) is 0 Å². The zero-order chi connectivity index (χ0) is 10.1. The Balaban J connectivity index is 2.65. The molecule has 0 radical (unpaired) electrons. The smallest absolute Gasteiger partial charge is 0.149 e. The molecule has 4 nitrogen and oxygen atoms in total. The highest BCUT2D eigenvalue weighted by Gasteiger charge is 2.23. The number of hydrogen-bond donors (Lipinski definition) is 1. The summed E-state index contributed by atoms with van der Waals surface area (Å²) in [6.07, 6.45) is 1.25. The molecule has 1 unspecified atom stereocenters. The van der Waals surface area contributed by atoms with Crippen molar-refractivity contribution in [2.24, 2.45) is 0 Å². The molecule has 0 amide bonds. The summed E-state index contributed by atoms with van der Waals surface area (Å²) >= 11 is 0. The van der Waals surface area contributed by atoms with Crippen LogP contribution in [0.5, 0.6) is 0 Å². The molecule has 1 aliphatic heterocycles. The van der Waals surface area contributed by atoms with E-state index in [1.807, 2.05) is 11.9 Å². The molecule has 1 atom stereocenters. The zero-order valence-electron chi connectivity index (χ0n) is 8.08. The minimum absolute atomic E-state index is 0.117. The average molecular weight is 204 g/mol. The number of nitrogens with zero attached hydrogens (tertiary/aromatic N) is 1. The van der Waals surface area contributed by atoms with E-state index in [9.17, 15) is 8.42 Å². The highest BCUT2D eigenvalue weighted by Crippen LogP contribution is 2.10. The Kier molecular flexibility index (Phi) is 2.98. The van der Waals surface area contributed by atoms with Crippen LogP contribution in [0, 0.1) is 0 Å². The second kappa shape index (κ2) is 3.67. The van der Waals surface area contributed by atoms with Crippen LogP contribution >= 0.6 is 0 Å². The van der Waals surface area contributed by atoms with Crippen molar-refractivity contribution in [1.29, 1.82) is 0 Å². The standard InChI is InChI=1S/C8H16N2O2S/c1-7-8(6-13(3,11)12)9-4-5-10(7)2/h8-9H,1,4-6H2,2-3H3. The predicted octanol–water partition coefficient (Wildman–Crippen LogP) is -0.552. The Morgan fingerprint density at radius 1 is 1.69 bits per heavy atom. The lowest BCUT2D eigenvalue weighted by atomic mass is 10.2. The first-order valence-electron chi connectivity index (χ1n) is 4.21. The van der Waals surface area contributed by atoms with Crippen LogP contribution in [-0.2, 0) is 9.84 Å². The largest absolute Gasteiger partial charge is 0.376 e. The number of hydrogen-bond acceptors (Lipinski definition) is 4. The van der Waals surface area contributed by atoms with E-state index in [4.69, 9.17) is 0 Å². The van der Waals surface area contributed by atoms with E-state index in [0.29, 0.717) is 0 Å². The number of nitrogens with one attached hydrogen (secondary N) is 1. The maximum absolute atomic E-state index is 11.1. The lowest BCUT2D eigenvalue weighted by Crippen LogP contribution is -2.49. The number of rotatable bonds is 2. The zero-order valence-corrected chi connectivity index (χ0v) is 8.89. The van der Waals surface area contributed by atoms with Crippen molar-refractivity contribution < 1.29 is 8.42 Å². The van der Waals surface area contributed by atoms with Gasteiger partial charge >= 0.3 is 0 Å². The number of likely N-dealkylation sites (N-methyl/N-ethyl adjacent to an activating group) is 1. The molecule has 0 aliphatic carbocycles. The van der Waals surface area contributed by atoms with E-state index in [2.05, 4.69) is 11.9 Å². The van der Waals surface area contributed by atoms with Crippen molar-refractivity contribution in [2.75, 3.05) is 32.1 Å². The molecule has 0 saturated carbocycles. The summed E-state index contributed by atoms with van der Waals surface area (Å²) < 4.78 is 22.1. The molecule has 1 fully saturated rings. The van der Waals surface area contributed by atoms with Gasteiger partial charge in [0.2, 0.25) is 0 Å². The summed E-state index contributed by atoms with van der Waals surface area (Å²) in [5, 5.41) is 3.14. The normalized spacial score (nSPS) is 24.9. The van der Waals surface area contributed by atoms with E-state index in [1.54, 1.807) is 0 Å². The third-order valence-corrected chi connectivity index (χ3v) is 3.14. The fraction of sp³-hybridized carbons (Fsp3) is 0.750. The van der Waals surface area contributed by atoms with Crippen LogP contribution in [0.25, 0.3) is 0 Å². The maximum Gasteiger partial charge on any atom is 0.149 e. The van der Waals surface area contributed by atoms with Gasteiger partial charge in [-0.3, -0.25) is 0 Å². The van der Waals surface area contributed by atoms with E-state index in [1.165, 1.54) is 6.26 Å². The molecule has 5 heteroatoms. The van der Waals surface area contributed by atoms with Crippen molar-refractivity contribution >= 4 is 9.84 Å². The molecule has 1 N–H and O–H groups in total. The lowest BCUT2D eigenvalue weighted by molar-refractivity contribution is 0.320. The Morgan fingerprint density at radius 3 is 2.85 bits per heavy atom. The van der Waals surface area contributed by atoms with Gasteiger partial charge in [-0.1, -0.05) is 6.58 Å². The van der Waals surface area contributed by atoms with Crippen LogP contribution < -0.4 is 5.32 Å². The molecule has 1 rings (SSSR count). The Bertz CT molecular complexity index is 297. The van der Waals surface area contributed by atoms with Crippen LogP contribution in [0.1, 0.15) is 0 Å². The molecule has 1 aliphatic rings. The van der Waals surface area contributed by atoms with Crippen molar-refractivity contribution in [1.82, 2.24) is 10.2 Å². The van der Waals surface area contributed by atoms with Crippen LogP contribution in [0.4, 0.5) is 0 Å². The summed E-state index contributed by atoms with van der Waals surface area (Å²) in [5.41, 5.74) is 0.858. The molecule has 0 aromatic rings. The summed E-state index contributed by atoms with van der Waals surface area (Å²) in [7, 11) is -1.00. The molecule has 0 spiro atoms. The fourth-order valence-corrected chi connectivity index (χ4v) is 2.31. The van der Waals surface area contributed by atoms with Crippen molar-refractivity contribution in [3.8, 4) is 0 Å². The summed E-state index contributed by atoms with van der Waals surface area (Å²) in [6, 6.07) is -0.117. The van der Waals surface area contributed by atoms with Crippen molar-refractivity contribution in [3.63, 3.8) is 0 Å². The van der Waals surface area contributed by atoms with Crippen LogP contribution in [0.2, 0.25) is 0 Å². The first kappa shape index (κ1) is 10.5. The van der Waals surface area contributed by atoms with Gasteiger partial charge in [-0.05, 0) is 0 Å². The quantitative estimate of drug-likeness (QED) is 0.655. The maximum atomic E-state index is 11.1. The SMILES string of the molecule is C=C1C(CS(C)(=O)=O)NCCN1C. The second-order valence-electron chi connectivity index (χ2n) is 3.51. The Hall–Kier alpha value is -0.550. The van der Waals surface area contributed by atoms with E-state index >= 15 is 0 Å². The summed E-state index contributed by atoms with van der Waals surface area (Å²) in [4.78, 5) is 1.99. The molecule has 1 saturated heterocycles. The molecule has 0 bridgehead atoms.